The molecule has 4 aromatic rings. The number of ether oxygens (including phenoxy) is 2. The number of nitrogens with one attached hydrogen (secondary N) is 2. The summed E-state index contributed by atoms with van der Waals surface area (Å²) in [7, 11) is 0. The van der Waals surface area contributed by atoms with Gasteiger partial charge in [0.15, 0.2) is 0 Å². The molecule has 0 saturated carbocycles. The van der Waals surface area contributed by atoms with Crippen molar-refractivity contribution in [3.63, 3.8) is 0 Å². The Kier molecular flexibility index (Phi) is 11.5. The van der Waals surface area contributed by atoms with Gasteiger partial charge in [-0.25, -0.2) is 28.3 Å². The minimum atomic E-state index is -1.03. The van der Waals surface area contributed by atoms with E-state index < -0.39 is 35.4 Å². The lowest BCUT2D eigenvalue weighted by Crippen LogP contribution is -2.54. The van der Waals surface area contributed by atoms with Crippen molar-refractivity contribution in [3.05, 3.63) is 96.6 Å². The molecule has 0 radical (unpaired) electrons. The summed E-state index contributed by atoms with van der Waals surface area (Å²) in [4.78, 5) is 32.5. The van der Waals surface area contributed by atoms with Crippen molar-refractivity contribution in [2.75, 3.05) is 54.5 Å². The monoisotopic (exact) mass is 718 g/mol. The summed E-state index contributed by atoms with van der Waals surface area (Å²) in [5.74, 6) is -0.607. The van der Waals surface area contributed by atoms with E-state index in [1.165, 1.54) is 18.5 Å². The van der Waals surface area contributed by atoms with Crippen LogP contribution in [-0.2, 0) is 21.7 Å². The van der Waals surface area contributed by atoms with Crippen molar-refractivity contribution in [2.45, 2.75) is 51.0 Å². The molecule has 52 heavy (non-hydrogen) atoms. The van der Waals surface area contributed by atoms with Crippen molar-refractivity contribution < 1.29 is 33.0 Å². The molecule has 1 unspecified atom stereocenters. The number of amides is 3. The van der Waals surface area contributed by atoms with Crippen LogP contribution in [0, 0.1) is 17.6 Å². The summed E-state index contributed by atoms with van der Waals surface area (Å²) in [6.45, 7) is 7.61. The van der Waals surface area contributed by atoms with Crippen LogP contribution < -0.4 is 25.3 Å². The fourth-order valence-electron chi connectivity index (χ4n) is 7.02. The summed E-state index contributed by atoms with van der Waals surface area (Å²) in [5, 5.41) is 18.1. The van der Waals surface area contributed by atoms with Crippen LogP contribution in [0.5, 0.6) is 5.75 Å². The van der Waals surface area contributed by atoms with E-state index in [-0.39, 0.29) is 18.0 Å². The predicted octanol–water partition coefficient (Wildman–Crippen LogP) is 4.55. The smallest absolute Gasteiger partial charge is 0.340 e. The van der Waals surface area contributed by atoms with Gasteiger partial charge in [-0.2, -0.15) is 5.10 Å². The number of hydrogen-bond acceptors (Lipinski definition) is 9. The van der Waals surface area contributed by atoms with Gasteiger partial charge >= 0.3 is 6.03 Å². The number of halogens is 2. The second-order valence-corrected chi connectivity index (χ2v) is 13.2. The number of nitrogens with zero attached hydrogens (tertiary/aromatic N) is 6. The first-order valence-corrected chi connectivity index (χ1v) is 17.4. The maximum Gasteiger partial charge on any atom is 0.340 e. The van der Waals surface area contributed by atoms with Gasteiger partial charge in [-0.3, -0.25) is 10.2 Å². The molecule has 13 nitrogen and oxygen atoms in total. The minimum Gasteiger partial charge on any atom is -0.493 e. The van der Waals surface area contributed by atoms with Crippen molar-refractivity contribution >= 4 is 29.5 Å². The van der Waals surface area contributed by atoms with E-state index in [0.717, 1.165) is 54.4 Å². The quantitative estimate of drug-likeness (QED) is 0.127. The normalized spacial score (nSPS) is 19.9. The maximum absolute atomic E-state index is 15.0. The van der Waals surface area contributed by atoms with Gasteiger partial charge in [0.05, 0.1) is 31.9 Å². The lowest BCUT2D eigenvalue weighted by atomic mass is 9.87. The zero-order valence-corrected chi connectivity index (χ0v) is 29.2. The lowest BCUT2D eigenvalue weighted by molar-refractivity contribution is -0.114. The molecule has 2 aliphatic rings. The highest BCUT2D eigenvalue weighted by molar-refractivity contribution is 5.90. The molecule has 0 bridgehead atoms. The first-order chi connectivity index (χ1) is 25.2. The van der Waals surface area contributed by atoms with E-state index in [9.17, 15) is 23.5 Å². The van der Waals surface area contributed by atoms with Crippen molar-refractivity contribution in [2.24, 2.45) is 5.92 Å². The Balaban J connectivity index is 0.991. The van der Waals surface area contributed by atoms with E-state index in [4.69, 9.17) is 9.47 Å². The third-order valence-corrected chi connectivity index (χ3v) is 9.69. The molecule has 0 spiro atoms. The number of benzene rings is 3. The molecule has 15 heteroatoms. The number of aromatic nitrogens is 3. The number of urea groups is 1. The number of anilines is 3. The van der Waals surface area contributed by atoms with Gasteiger partial charge in [0.1, 0.15) is 35.6 Å². The number of rotatable bonds is 14. The van der Waals surface area contributed by atoms with Crippen LogP contribution in [0.2, 0.25) is 0 Å². The van der Waals surface area contributed by atoms with Crippen molar-refractivity contribution in [1.82, 2.24) is 25.2 Å². The molecule has 3 amide bonds. The highest BCUT2D eigenvalue weighted by atomic mass is 19.1. The zero-order chi connectivity index (χ0) is 36.7. The number of piperazine rings is 1. The first kappa shape index (κ1) is 36.5. The van der Waals surface area contributed by atoms with E-state index in [0.29, 0.717) is 38.2 Å². The van der Waals surface area contributed by atoms with Crippen LogP contribution in [0.4, 0.5) is 30.6 Å². The van der Waals surface area contributed by atoms with Crippen LogP contribution in [0.3, 0.4) is 0 Å². The summed E-state index contributed by atoms with van der Waals surface area (Å²) < 4.78 is 42.7. The average molecular weight is 719 g/mol. The Morgan fingerprint density at radius 1 is 1.08 bits per heavy atom. The molecule has 2 saturated heterocycles. The van der Waals surface area contributed by atoms with Crippen molar-refractivity contribution in [3.8, 4) is 5.75 Å². The summed E-state index contributed by atoms with van der Waals surface area (Å²) in [5.41, 5.74) is 4.33. The third kappa shape index (κ3) is 8.43. The van der Waals surface area contributed by atoms with Crippen molar-refractivity contribution in [1.29, 1.82) is 0 Å². The van der Waals surface area contributed by atoms with Gasteiger partial charge < -0.3 is 29.7 Å². The molecule has 2 aliphatic heterocycles. The molecule has 2 fully saturated rings. The predicted molar refractivity (Wildman–Crippen MR) is 191 cm³/mol. The second-order valence-electron chi connectivity index (χ2n) is 13.2. The molecule has 1 aromatic heterocycles. The lowest BCUT2D eigenvalue weighted by Gasteiger charge is -2.37. The van der Waals surface area contributed by atoms with Crippen LogP contribution in [0.15, 0.2) is 79.4 Å². The molecular weight excluding hydrogens is 674 g/mol. The maximum atomic E-state index is 15.0. The minimum absolute atomic E-state index is 0.0243. The largest absolute Gasteiger partial charge is 0.493 e. The number of hydrogen-bond donors (Lipinski definition) is 3. The standard InChI is InChI=1S/C37H44F2N8O5/c1-3-35(26(2)49)47(42-25-48)36(50)43-29-5-7-30(8-6-29)44-14-16-45(17-15-44)31-9-11-32(12-10-31)51-20-27-19-37(52-21-27,22-46-24-40-23-41-46)33-13-4-28(38)18-34(33)39/h4-13,18,23-27,35,49H,3,14-17,19-22H2,1-2H3,(H,42,48)(H,43,50)/t26-,27+,35?,37-/m0/s1. The zero-order valence-electron chi connectivity index (χ0n) is 29.2. The molecule has 6 rings (SSSR count). The SMILES string of the molecule is CCC([C@H](C)O)N(NC=O)C(=O)Nc1ccc(N2CCN(c3ccc(OC[C@@H]4CO[C@@](Cn5cncn5)(c5ccc(F)cc5F)C4)cc3)CC2)cc1. The Bertz CT molecular complexity index is 1770. The molecule has 3 heterocycles. The Labute approximate surface area is 301 Å². The number of carbonyl (C=O) groups is 2. The topological polar surface area (TPSA) is 137 Å². The van der Waals surface area contributed by atoms with Gasteiger partial charge in [0, 0.05) is 60.8 Å². The fourth-order valence-corrected chi connectivity index (χ4v) is 7.02. The van der Waals surface area contributed by atoms with Crippen LogP contribution in [-0.4, -0.2) is 88.9 Å². The number of aliphatic hydroxyl groups excluding tert-OH is 1. The number of aliphatic hydroxyl groups is 1. The molecule has 0 aliphatic carbocycles. The second kappa shape index (κ2) is 16.4. The fraction of sp³-hybridized carbons (Fsp3) is 0.405. The first-order valence-electron chi connectivity index (χ1n) is 17.4. The average Bonchev–Trinajstić information content (AvgIpc) is 3.81. The molecule has 4 atom stereocenters. The van der Waals surface area contributed by atoms with Crippen LogP contribution >= 0.6 is 0 Å². The Morgan fingerprint density at radius 3 is 2.33 bits per heavy atom. The molecular formula is C37H44F2N8O5. The van der Waals surface area contributed by atoms with E-state index in [2.05, 4.69) is 30.6 Å². The van der Waals surface area contributed by atoms with E-state index >= 15 is 0 Å². The van der Waals surface area contributed by atoms with Gasteiger partial charge in [-0.1, -0.05) is 13.0 Å². The molecule has 3 N–H and O–H groups in total. The third-order valence-electron chi connectivity index (χ3n) is 9.69. The van der Waals surface area contributed by atoms with Crippen LogP contribution in [0.25, 0.3) is 0 Å². The Hall–Kier alpha value is -5.28. The van der Waals surface area contributed by atoms with E-state index in [1.54, 1.807) is 17.9 Å². The van der Waals surface area contributed by atoms with Gasteiger partial charge in [0.25, 0.3) is 0 Å². The number of carbonyl (C=O) groups excluding carboxylic acids is 2. The highest BCUT2D eigenvalue weighted by Crippen LogP contribution is 2.42. The van der Waals surface area contributed by atoms with Gasteiger partial charge in [-0.15, -0.1) is 0 Å². The van der Waals surface area contributed by atoms with E-state index in [1.807, 2.05) is 55.5 Å². The molecule has 3 aromatic carbocycles. The van der Waals surface area contributed by atoms with Gasteiger partial charge in [-0.05, 0) is 74.4 Å². The summed E-state index contributed by atoms with van der Waals surface area (Å²) in [6, 6.07) is 18.0. The Morgan fingerprint density at radius 2 is 1.75 bits per heavy atom. The summed E-state index contributed by atoms with van der Waals surface area (Å²) in [6.07, 6.45) is 3.48. The summed E-state index contributed by atoms with van der Waals surface area (Å²) >= 11 is 0. The van der Waals surface area contributed by atoms with Crippen LogP contribution in [0.1, 0.15) is 32.3 Å². The molecule has 276 valence electrons. The van der Waals surface area contributed by atoms with Gasteiger partial charge in [0.2, 0.25) is 6.41 Å². The highest BCUT2D eigenvalue weighted by Gasteiger charge is 2.44. The number of hydrazine groups is 1.